The molecule has 0 amide bonds. The van der Waals surface area contributed by atoms with Gasteiger partial charge in [0.05, 0.1) is 6.20 Å². The first kappa shape index (κ1) is 17.6. The largest absolute Gasteiger partial charge is 0.308 e. The molecule has 21 heavy (non-hydrogen) atoms. The minimum atomic E-state index is -0.423. The number of benzene rings is 1. The van der Waals surface area contributed by atoms with Crippen LogP contribution in [0.5, 0.6) is 0 Å². The molecule has 6 heteroatoms. The monoisotopic (exact) mass is 315 g/mol. The summed E-state index contributed by atoms with van der Waals surface area (Å²) in [6.07, 6.45) is 3.76. The van der Waals surface area contributed by atoms with Gasteiger partial charge in [-0.1, -0.05) is 13.8 Å². The van der Waals surface area contributed by atoms with E-state index in [1.54, 1.807) is 6.20 Å². The fraction of sp³-hybridized carbons (Fsp3) is 0.400. The Kier molecular flexibility index (Phi) is 6.78. The number of hydrogen-bond acceptors (Lipinski definition) is 2. The Balaban J connectivity index is 0.00000220. The molecule has 0 saturated heterocycles. The smallest absolute Gasteiger partial charge is 0.127 e. The molecule has 3 nitrogen and oxygen atoms in total. The van der Waals surface area contributed by atoms with Crippen molar-refractivity contribution in [2.24, 2.45) is 5.92 Å². The van der Waals surface area contributed by atoms with Crippen molar-refractivity contribution in [1.82, 2.24) is 15.1 Å². The molecule has 1 aromatic heterocycles. The first-order valence-corrected chi connectivity index (χ1v) is 6.70. The third-order valence-corrected chi connectivity index (χ3v) is 2.89. The zero-order valence-electron chi connectivity index (χ0n) is 12.1. The van der Waals surface area contributed by atoms with Gasteiger partial charge in [0.2, 0.25) is 0 Å². The summed E-state index contributed by atoms with van der Waals surface area (Å²) in [5, 5.41) is 7.35. The first-order chi connectivity index (χ1) is 9.54. The highest BCUT2D eigenvalue weighted by Crippen LogP contribution is 2.09. The fourth-order valence-corrected chi connectivity index (χ4v) is 1.99. The normalized spacial score (nSPS) is 10.7. The van der Waals surface area contributed by atoms with E-state index in [2.05, 4.69) is 24.3 Å². The van der Waals surface area contributed by atoms with Crippen LogP contribution in [0.1, 0.15) is 25.0 Å². The molecule has 0 spiro atoms. The molecule has 2 rings (SSSR count). The molecule has 0 aliphatic carbocycles. The van der Waals surface area contributed by atoms with Gasteiger partial charge in [-0.05, 0) is 24.1 Å². The van der Waals surface area contributed by atoms with Gasteiger partial charge in [0, 0.05) is 37.0 Å². The van der Waals surface area contributed by atoms with Crippen LogP contribution in [0.2, 0.25) is 0 Å². The molecular weight excluding hydrogens is 296 g/mol. The Morgan fingerprint density at radius 2 is 2.00 bits per heavy atom. The van der Waals surface area contributed by atoms with E-state index in [0.717, 1.165) is 24.2 Å². The first-order valence-electron chi connectivity index (χ1n) is 6.70. The van der Waals surface area contributed by atoms with E-state index in [4.69, 9.17) is 0 Å². The Labute approximate surface area is 129 Å². The zero-order chi connectivity index (χ0) is 14.5. The third kappa shape index (κ3) is 5.44. The summed E-state index contributed by atoms with van der Waals surface area (Å²) >= 11 is 0. The van der Waals surface area contributed by atoms with Crippen LogP contribution < -0.4 is 5.32 Å². The SMILES string of the molecule is CC(C)Cn1cc(CNCc2cc(F)ccc2F)cn1.Cl. The lowest BCUT2D eigenvalue weighted by molar-refractivity contribution is 0.482. The van der Waals surface area contributed by atoms with Gasteiger partial charge in [0.15, 0.2) is 0 Å². The van der Waals surface area contributed by atoms with Crippen molar-refractivity contribution in [1.29, 1.82) is 0 Å². The van der Waals surface area contributed by atoms with Crippen molar-refractivity contribution in [2.45, 2.75) is 33.5 Å². The quantitative estimate of drug-likeness (QED) is 0.884. The van der Waals surface area contributed by atoms with Crippen molar-refractivity contribution in [3.63, 3.8) is 0 Å². The molecule has 0 bridgehead atoms. The summed E-state index contributed by atoms with van der Waals surface area (Å²) in [5.41, 5.74) is 1.36. The van der Waals surface area contributed by atoms with Crippen LogP contribution in [0.25, 0.3) is 0 Å². The Hall–Kier alpha value is -1.46. The summed E-state index contributed by atoms with van der Waals surface area (Å²) in [6.45, 7) is 6.00. The van der Waals surface area contributed by atoms with E-state index in [0.29, 0.717) is 24.6 Å². The number of halogens is 3. The van der Waals surface area contributed by atoms with Gasteiger partial charge < -0.3 is 5.32 Å². The van der Waals surface area contributed by atoms with E-state index in [9.17, 15) is 8.78 Å². The van der Waals surface area contributed by atoms with E-state index < -0.39 is 11.6 Å². The van der Waals surface area contributed by atoms with Gasteiger partial charge in [0.25, 0.3) is 0 Å². The van der Waals surface area contributed by atoms with Crippen molar-refractivity contribution < 1.29 is 8.78 Å². The predicted molar refractivity (Wildman–Crippen MR) is 81.2 cm³/mol. The molecular formula is C15H20ClF2N3. The fourth-order valence-electron chi connectivity index (χ4n) is 1.99. The summed E-state index contributed by atoms with van der Waals surface area (Å²) in [4.78, 5) is 0. The van der Waals surface area contributed by atoms with E-state index >= 15 is 0 Å². The summed E-state index contributed by atoms with van der Waals surface area (Å²) in [6, 6.07) is 3.48. The summed E-state index contributed by atoms with van der Waals surface area (Å²) < 4.78 is 28.3. The topological polar surface area (TPSA) is 29.9 Å². The van der Waals surface area contributed by atoms with Crippen molar-refractivity contribution in [3.8, 4) is 0 Å². The lowest BCUT2D eigenvalue weighted by Crippen LogP contribution is -2.13. The average molecular weight is 316 g/mol. The maximum atomic E-state index is 13.4. The number of nitrogens with one attached hydrogen (secondary N) is 1. The van der Waals surface area contributed by atoms with E-state index in [1.165, 1.54) is 6.07 Å². The second kappa shape index (κ2) is 8.10. The Bertz CT molecular complexity index is 570. The molecule has 1 heterocycles. The highest BCUT2D eigenvalue weighted by Gasteiger charge is 2.04. The van der Waals surface area contributed by atoms with Crippen LogP contribution in [0.3, 0.4) is 0 Å². The standard InChI is InChI=1S/C15H19F2N3.ClH/c1-11(2)9-20-10-12(7-19-20)6-18-8-13-5-14(16)3-4-15(13)17;/h3-5,7,10-11,18H,6,8-9H2,1-2H3;1H. The van der Waals surface area contributed by atoms with Crippen LogP contribution in [0.4, 0.5) is 8.78 Å². The van der Waals surface area contributed by atoms with Crippen molar-refractivity contribution in [2.75, 3.05) is 0 Å². The molecule has 1 aromatic carbocycles. The number of rotatable bonds is 6. The molecule has 0 aliphatic heterocycles. The molecule has 0 saturated carbocycles. The number of nitrogens with zero attached hydrogens (tertiary/aromatic N) is 2. The van der Waals surface area contributed by atoms with E-state index in [-0.39, 0.29) is 12.4 Å². The minimum absolute atomic E-state index is 0. The van der Waals surface area contributed by atoms with Crippen molar-refractivity contribution in [3.05, 3.63) is 53.4 Å². The molecule has 0 radical (unpaired) electrons. The minimum Gasteiger partial charge on any atom is -0.308 e. The molecule has 0 unspecified atom stereocenters. The molecule has 0 fully saturated rings. The lowest BCUT2D eigenvalue weighted by atomic mass is 10.2. The molecule has 0 atom stereocenters. The van der Waals surface area contributed by atoms with Crippen LogP contribution in [-0.4, -0.2) is 9.78 Å². The predicted octanol–water partition coefficient (Wildman–Crippen LogP) is 3.53. The highest BCUT2D eigenvalue weighted by molar-refractivity contribution is 5.85. The van der Waals surface area contributed by atoms with Gasteiger partial charge >= 0.3 is 0 Å². The maximum Gasteiger partial charge on any atom is 0.127 e. The second-order valence-electron chi connectivity index (χ2n) is 5.30. The number of aromatic nitrogens is 2. The Morgan fingerprint density at radius 3 is 2.71 bits per heavy atom. The molecule has 116 valence electrons. The maximum absolute atomic E-state index is 13.4. The van der Waals surface area contributed by atoms with Gasteiger partial charge in [-0.25, -0.2) is 8.78 Å². The molecule has 2 aromatic rings. The third-order valence-electron chi connectivity index (χ3n) is 2.89. The van der Waals surface area contributed by atoms with Crippen LogP contribution in [0.15, 0.2) is 30.6 Å². The van der Waals surface area contributed by atoms with Crippen LogP contribution in [0, 0.1) is 17.6 Å². The number of hydrogen-bond donors (Lipinski definition) is 1. The second-order valence-corrected chi connectivity index (χ2v) is 5.30. The zero-order valence-corrected chi connectivity index (χ0v) is 13.0. The summed E-state index contributed by atoms with van der Waals surface area (Å²) in [5.74, 6) is -0.278. The lowest BCUT2D eigenvalue weighted by Gasteiger charge is -2.05. The van der Waals surface area contributed by atoms with Gasteiger partial charge in [-0.3, -0.25) is 4.68 Å². The van der Waals surface area contributed by atoms with Gasteiger partial charge in [0.1, 0.15) is 11.6 Å². The molecule has 0 aliphatic rings. The van der Waals surface area contributed by atoms with Gasteiger partial charge in [-0.2, -0.15) is 5.10 Å². The van der Waals surface area contributed by atoms with Crippen LogP contribution >= 0.6 is 12.4 Å². The average Bonchev–Trinajstić information content (AvgIpc) is 2.80. The highest BCUT2D eigenvalue weighted by atomic mass is 35.5. The van der Waals surface area contributed by atoms with Crippen LogP contribution in [-0.2, 0) is 19.6 Å². The Morgan fingerprint density at radius 1 is 1.24 bits per heavy atom. The van der Waals surface area contributed by atoms with Gasteiger partial charge in [-0.15, -0.1) is 12.4 Å². The van der Waals surface area contributed by atoms with E-state index in [1.807, 2.05) is 10.9 Å². The van der Waals surface area contributed by atoms with Crippen molar-refractivity contribution >= 4 is 12.4 Å². The summed E-state index contributed by atoms with van der Waals surface area (Å²) in [7, 11) is 0. The molecule has 1 N–H and O–H groups in total.